The van der Waals surface area contributed by atoms with Crippen LogP contribution in [0, 0.1) is 11.8 Å². The summed E-state index contributed by atoms with van der Waals surface area (Å²) in [5.74, 6) is 1.75. The minimum atomic E-state index is 0.806. The molecule has 0 saturated carbocycles. The third-order valence-corrected chi connectivity index (χ3v) is 2.42. The van der Waals surface area contributed by atoms with Gasteiger partial charge >= 0.3 is 0 Å². The molecule has 10 heavy (non-hydrogen) atoms. The fourth-order valence-electron chi connectivity index (χ4n) is 1.72. The lowest BCUT2D eigenvalue weighted by Crippen LogP contribution is -2.27. The van der Waals surface area contributed by atoms with E-state index in [2.05, 4.69) is 26.1 Å². The van der Waals surface area contributed by atoms with Crippen molar-refractivity contribution in [3.8, 4) is 0 Å². The van der Waals surface area contributed by atoms with Crippen LogP contribution in [0.25, 0.3) is 0 Å². The molecule has 0 aliphatic carbocycles. The molecule has 1 heteroatoms. The van der Waals surface area contributed by atoms with E-state index in [-0.39, 0.29) is 0 Å². The average Bonchev–Trinajstić information content (AvgIpc) is 2.15. The van der Waals surface area contributed by atoms with Crippen LogP contribution < -0.4 is 5.32 Å². The van der Waals surface area contributed by atoms with Crippen molar-refractivity contribution in [2.45, 2.75) is 39.7 Å². The lowest BCUT2D eigenvalue weighted by Gasteiger charge is -2.17. The highest BCUT2D eigenvalue weighted by atomic mass is 14.9. The molecule has 0 aromatic heterocycles. The van der Waals surface area contributed by atoms with Gasteiger partial charge in [0.2, 0.25) is 0 Å². The largest absolute Gasteiger partial charge is 0.314 e. The number of rotatable bonds is 2. The quantitative estimate of drug-likeness (QED) is 0.620. The zero-order valence-electron chi connectivity index (χ0n) is 7.35. The summed E-state index contributed by atoms with van der Waals surface area (Å²) in [5, 5.41) is 3.54. The molecule has 0 aromatic carbocycles. The van der Waals surface area contributed by atoms with Crippen molar-refractivity contribution in [3.05, 3.63) is 0 Å². The maximum atomic E-state index is 3.54. The van der Waals surface area contributed by atoms with Crippen LogP contribution in [0.4, 0.5) is 0 Å². The average molecular weight is 141 g/mol. The van der Waals surface area contributed by atoms with Crippen molar-refractivity contribution < 1.29 is 0 Å². The third-order valence-electron chi connectivity index (χ3n) is 2.42. The molecule has 0 spiro atoms. The summed E-state index contributed by atoms with van der Waals surface area (Å²) >= 11 is 0. The monoisotopic (exact) mass is 141 g/mol. The van der Waals surface area contributed by atoms with E-state index >= 15 is 0 Å². The van der Waals surface area contributed by atoms with Crippen LogP contribution in [0.1, 0.15) is 33.6 Å². The predicted molar refractivity (Wildman–Crippen MR) is 45.0 cm³/mol. The molecule has 1 fully saturated rings. The number of hydrogen-bond donors (Lipinski definition) is 1. The summed E-state index contributed by atoms with van der Waals surface area (Å²) in [6.45, 7) is 8.19. The molecule has 0 bridgehead atoms. The van der Waals surface area contributed by atoms with E-state index in [9.17, 15) is 0 Å². The highest BCUT2D eigenvalue weighted by Crippen LogP contribution is 2.20. The van der Waals surface area contributed by atoms with Crippen molar-refractivity contribution >= 4 is 0 Å². The van der Waals surface area contributed by atoms with Gasteiger partial charge in [0.15, 0.2) is 0 Å². The molecule has 0 radical (unpaired) electrons. The first-order valence-electron chi connectivity index (χ1n) is 4.43. The zero-order chi connectivity index (χ0) is 7.56. The van der Waals surface area contributed by atoms with E-state index in [1.165, 1.54) is 19.4 Å². The van der Waals surface area contributed by atoms with Gasteiger partial charge in [-0.1, -0.05) is 20.8 Å². The Morgan fingerprint density at radius 3 is 2.60 bits per heavy atom. The van der Waals surface area contributed by atoms with Gasteiger partial charge in [0.05, 0.1) is 0 Å². The number of hydrogen-bond acceptors (Lipinski definition) is 1. The van der Waals surface area contributed by atoms with Crippen LogP contribution in [0.15, 0.2) is 0 Å². The lowest BCUT2D eigenvalue weighted by atomic mass is 9.95. The van der Waals surface area contributed by atoms with Crippen LogP contribution in [0.5, 0.6) is 0 Å². The minimum absolute atomic E-state index is 0.806. The Hall–Kier alpha value is -0.0400. The second-order valence-corrected chi connectivity index (χ2v) is 3.96. The zero-order valence-corrected chi connectivity index (χ0v) is 7.35. The van der Waals surface area contributed by atoms with Crippen LogP contribution in [-0.2, 0) is 0 Å². The van der Waals surface area contributed by atoms with Gasteiger partial charge in [-0.3, -0.25) is 0 Å². The molecular weight excluding hydrogens is 122 g/mol. The van der Waals surface area contributed by atoms with Crippen molar-refractivity contribution in [3.63, 3.8) is 0 Å². The van der Waals surface area contributed by atoms with Crippen molar-refractivity contribution in [1.29, 1.82) is 0 Å². The normalized spacial score (nSPS) is 33.6. The van der Waals surface area contributed by atoms with E-state index in [1.54, 1.807) is 0 Å². The fraction of sp³-hybridized carbons (Fsp3) is 1.00. The summed E-state index contributed by atoms with van der Waals surface area (Å²) in [5.41, 5.74) is 0. The van der Waals surface area contributed by atoms with Crippen molar-refractivity contribution in [1.82, 2.24) is 5.32 Å². The van der Waals surface area contributed by atoms with Crippen molar-refractivity contribution in [2.75, 3.05) is 6.54 Å². The molecule has 1 aliphatic rings. The van der Waals surface area contributed by atoms with E-state index in [0.29, 0.717) is 0 Å². The third kappa shape index (κ3) is 1.98. The Balaban J connectivity index is 2.26. The van der Waals surface area contributed by atoms with Gasteiger partial charge in [0.25, 0.3) is 0 Å². The Kier molecular flexibility index (Phi) is 2.72. The van der Waals surface area contributed by atoms with Gasteiger partial charge in [-0.05, 0) is 31.2 Å². The molecular formula is C9H19N. The Morgan fingerprint density at radius 2 is 2.20 bits per heavy atom. The topological polar surface area (TPSA) is 12.0 Å². The van der Waals surface area contributed by atoms with Crippen molar-refractivity contribution in [2.24, 2.45) is 11.8 Å². The summed E-state index contributed by atoms with van der Waals surface area (Å²) < 4.78 is 0. The van der Waals surface area contributed by atoms with Crippen LogP contribution >= 0.6 is 0 Å². The Labute approximate surface area is 64.2 Å². The maximum absolute atomic E-state index is 3.54. The van der Waals surface area contributed by atoms with Crippen LogP contribution in [0.2, 0.25) is 0 Å². The first-order chi connectivity index (χ1) is 4.70. The maximum Gasteiger partial charge on any atom is 0.00956 e. The highest BCUT2D eigenvalue weighted by molar-refractivity contribution is 4.81. The molecule has 0 unspecified atom stereocenters. The van der Waals surface area contributed by atoms with Crippen LogP contribution in [-0.4, -0.2) is 12.6 Å². The van der Waals surface area contributed by atoms with Crippen LogP contribution in [0.3, 0.4) is 0 Å². The Morgan fingerprint density at radius 1 is 1.50 bits per heavy atom. The molecule has 1 nitrogen and oxygen atoms in total. The molecule has 60 valence electrons. The molecule has 1 rings (SSSR count). The molecule has 1 saturated heterocycles. The molecule has 0 aromatic rings. The molecule has 2 atom stereocenters. The molecule has 1 N–H and O–H groups in total. The lowest BCUT2D eigenvalue weighted by molar-refractivity contribution is 0.396. The second kappa shape index (κ2) is 3.38. The second-order valence-electron chi connectivity index (χ2n) is 3.96. The molecule has 1 aliphatic heterocycles. The standard InChI is InChI=1S/C9H19N/c1-7(2)6-9-8(3)4-5-10-9/h7-10H,4-6H2,1-3H3/t8-,9-/m1/s1. The van der Waals surface area contributed by atoms with E-state index < -0.39 is 0 Å². The SMILES string of the molecule is CC(C)C[C@H]1NCC[C@H]1C. The number of nitrogens with one attached hydrogen (secondary N) is 1. The fourth-order valence-corrected chi connectivity index (χ4v) is 1.72. The van der Waals surface area contributed by atoms with Gasteiger partial charge in [-0.2, -0.15) is 0 Å². The van der Waals surface area contributed by atoms with Gasteiger partial charge < -0.3 is 5.32 Å². The van der Waals surface area contributed by atoms with Gasteiger partial charge in [0.1, 0.15) is 0 Å². The van der Waals surface area contributed by atoms with Gasteiger partial charge in [-0.25, -0.2) is 0 Å². The van der Waals surface area contributed by atoms with E-state index in [4.69, 9.17) is 0 Å². The summed E-state index contributed by atoms with van der Waals surface area (Å²) in [4.78, 5) is 0. The highest BCUT2D eigenvalue weighted by Gasteiger charge is 2.22. The summed E-state index contributed by atoms with van der Waals surface area (Å²) in [6, 6.07) is 0.806. The van der Waals surface area contributed by atoms with E-state index in [1.807, 2.05) is 0 Å². The Bertz CT molecular complexity index is 98.9. The molecule has 1 heterocycles. The van der Waals surface area contributed by atoms with Gasteiger partial charge in [0, 0.05) is 6.04 Å². The van der Waals surface area contributed by atoms with E-state index in [0.717, 1.165) is 17.9 Å². The smallest absolute Gasteiger partial charge is 0.00956 e. The summed E-state index contributed by atoms with van der Waals surface area (Å²) in [7, 11) is 0. The molecule has 0 amide bonds. The predicted octanol–water partition coefficient (Wildman–Crippen LogP) is 2.03. The first kappa shape index (κ1) is 8.06. The minimum Gasteiger partial charge on any atom is -0.314 e. The summed E-state index contributed by atoms with van der Waals surface area (Å²) in [6.07, 6.45) is 2.72. The van der Waals surface area contributed by atoms with Gasteiger partial charge in [-0.15, -0.1) is 0 Å². The first-order valence-corrected chi connectivity index (χ1v) is 4.43.